The molecule has 0 bridgehead atoms. The van der Waals surface area contributed by atoms with E-state index in [4.69, 9.17) is 15.2 Å². The average molecular weight is 407 g/mol. The minimum atomic E-state index is -0.0413. The number of aromatic nitrogens is 3. The molecular weight excluding hydrogens is 382 g/mol. The van der Waals surface area contributed by atoms with Gasteiger partial charge < -0.3 is 20.5 Å². The summed E-state index contributed by atoms with van der Waals surface area (Å²) in [6, 6.07) is 11.4. The van der Waals surface area contributed by atoms with Gasteiger partial charge in [0, 0.05) is 23.8 Å². The van der Waals surface area contributed by atoms with Gasteiger partial charge in [-0.2, -0.15) is 4.98 Å². The fraction of sp³-hybridized carbons (Fsp3) is 0.364. The number of nitrogen functional groups attached to an aromatic ring is 1. The molecule has 0 aliphatic heterocycles. The number of carbonyl (C=O) groups is 1. The molecule has 2 aromatic heterocycles. The Hall–Kier alpha value is -3.26. The molecule has 2 heterocycles. The Bertz CT molecular complexity index is 1030. The Balaban J connectivity index is 1.54. The highest BCUT2D eigenvalue weighted by Crippen LogP contribution is 2.26. The van der Waals surface area contributed by atoms with Gasteiger partial charge in [0.1, 0.15) is 6.61 Å². The van der Waals surface area contributed by atoms with Gasteiger partial charge in [-0.25, -0.2) is 9.97 Å². The van der Waals surface area contributed by atoms with Crippen molar-refractivity contribution in [2.45, 2.75) is 32.2 Å². The number of amides is 1. The van der Waals surface area contributed by atoms with Gasteiger partial charge in [0.15, 0.2) is 5.52 Å². The van der Waals surface area contributed by atoms with Crippen molar-refractivity contribution in [1.29, 1.82) is 0 Å². The lowest BCUT2D eigenvalue weighted by molar-refractivity contribution is 0.0951. The number of hydrogen-bond donors (Lipinski definition) is 2. The first kappa shape index (κ1) is 20.0. The van der Waals surface area contributed by atoms with E-state index in [1.54, 1.807) is 12.1 Å². The topological polar surface area (TPSA) is 112 Å². The Morgan fingerprint density at radius 3 is 2.60 bits per heavy atom. The first-order valence-electron chi connectivity index (χ1n) is 10.2. The minimum absolute atomic E-state index is 0.0413. The van der Waals surface area contributed by atoms with Crippen molar-refractivity contribution in [2.24, 2.45) is 0 Å². The van der Waals surface area contributed by atoms with Gasteiger partial charge in [-0.3, -0.25) is 4.79 Å². The summed E-state index contributed by atoms with van der Waals surface area (Å²) in [4.78, 5) is 25.3. The molecule has 0 radical (unpaired) electrons. The molecule has 3 N–H and O–H groups in total. The summed E-state index contributed by atoms with van der Waals surface area (Å²) in [5.41, 5.74) is 9.21. The second kappa shape index (κ2) is 9.04. The smallest absolute Gasteiger partial charge is 0.251 e. The minimum Gasteiger partial charge on any atom is -0.474 e. The largest absolute Gasteiger partial charge is 0.474 e. The van der Waals surface area contributed by atoms with E-state index in [2.05, 4.69) is 27.2 Å². The van der Waals surface area contributed by atoms with Crippen LogP contribution in [-0.2, 0) is 4.74 Å². The Morgan fingerprint density at radius 2 is 1.87 bits per heavy atom. The fourth-order valence-corrected chi connectivity index (χ4v) is 3.00. The fourth-order valence-electron chi connectivity index (χ4n) is 3.00. The van der Waals surface area contributed by atoms with Crippen molar-refractivity contribution < 1.29 is 14.3 Å². The number of fused-ring (bicyclic) bond motifs is 1. The van der Waals surface area contributed by atoms with Crippen molar-refractivity contribution >= 4 is 22.9 Å². The molecule has 8 heteroatoms. The Kier molecular flexibility index (Phi) is 6.04. The zero-order valence-corrected chi connectivity index (χ0v) is 16.9. The van der Waals surface area contributed by atoms with Gasteiger partial charge in [-0.1, -0.05) is 19.1 Å². The predicted octanol–water partition coefficient (Wildman–Crippen LogP) is 2.97. The molecule has 1 fully saturated rings. The first-order chi connectivity index (χ1) is 14.6. The molecule has 30 heavy (non-hydrogen) atoms. The van der Waals surface area contributed by atoms with Crippen LogP contribution in [0.4, 0.5) is 5.95 Å². The van der Waals surface area contributed by atoms with Gasteiger partial charge in [-0.15, -0.1) is 0 Å². The highest BCUT2D eigenvalue weighted by Gasteiger charge is 2.23. The van der Waals surface area contributed by atoms with Gasteiger partial charge in [0.2, 0.25) is 11.8 Å². The van der Waals surface area contributed by atoms with Crippen molar-refractivity contribution in [3.8, 4) is 17.1 Å². The second-order valence-electron chi connectivity index (χ2n) is 7.24. The number of pyridine rings is 1. The SMILES string of the molecule is CCCOCCOc1nc(N)nc2ccc(-c3ccc(C(=O)NC4CC4)cc3)nc12. The van der Waals surface area contributed by atoms with Crippen LogP contribution in [0.5, 0.6) is 5.88 Å². The molecule has 3 aromatic rings. The summed E-state index contributed by atoms with van der Waals surface area (Å²) >= 11 is 0. The van der Waals surface area contributed by atoms with Crippen molar-refractivity contribution in [3.05, 3.63) is 42.0 Å². The van der Waals surface area contributed by atoms with Gasteiger partial charge >= 0.3 is 0 Å². The quantitative estimate of drug-likeness (QED) is 0.524. The normalized spacial score (nSPS) is 13.4. The average Bonchev–Trinajstić information content (AvgIpc) is 3.57. The van der Waals surface area contributed by atoms with Crippen LogP contribution in [0.15, 0.2) is 36.4 Å². The lowest BCUT2D eigenvalue weighted by Crippen LogP contribution is -2.25. The van der Waals surface area contributed by atoms with E-state index in [1.807, 2.05) is 24.3 Å². The number of nitrogens with one attached hydrogen (secondary N) is 1. The Labute approximate surface area is 174 Å². The van der Waals surface area contributed by atoms with E-state index >= 15 is 0 Å². The molecule has 0 spiro atoms. The molecule has 1 amide bonds. The van der Waals surface area contributed by atoms with E-state index in [9.17, 15) is 4.79 Å². The molecule has 1 aliphatic carbocycles. The predicted molar refractivity (Wildman–Crippen MR) is 114 cm³/mol. The summed E-state index contributed by atoms with van der Waals surface area (Å²) in [6.07, 6.45) is 3.08. The summed E-state index contributed by atoms with van der Waals surface area (Å²) < 4.78 is 11.2. The Morgan fingerprint density at radius 1 is 1.07 bits per heavy atom. The van der Waals surface area contributed by atoms with Crippen LogP contribution in [0.3, 0.4) is 0 Å². The number of nitrogens with zero attached hydrogens (tertiary/aromatic N) is 3. The molecule has 4 rings (SSSR count). The molecular formula is C22H25N5O3. The lowest BCUT2D eigenvalue weighted by atomic mass is 10.1. The maximum atomic E-state index is 12.2. The van der Waals surface area contributed by atoms with Crippen LogP contribution in [-0.4, -0.2) is 46.7 Å². The van der Waals surface area contributed by atoms with E-state index < -0.39 is 0 Å². The van der Waals surface area contributed by atoms with Gasteiger partial charge in [0.25, 0.3) is 5.91 Å². The summed E-state index contributed by atoms with van der Waals surface area (Å²) in [7, 11) is 0. The molecule has 1 saturated carbocycles. The second-order valence-corrected chi connectivity index (χ2v) is 7.24. The van der Waals surface area contributed by atoms with Crippen molar-refractivity contribution in [1.82, 2.24) is 20.3 Å². The lowest BCUT2D eigenvalue weighted by Gasteiger charge is -2.10. The third-order valence-corrected chi connectivity index (χ3v) is 4.70. The first-order valence-corrected chi connectivity index (χ1v) is 10.2. The number of hydrogen-bond acceptors (Lipinski definition) is 7. The van der Waals surface area contributed by atoms with E-state index in [0.717, 1.165) is 30.5 Å². The zero-order chi connectivity index (χ0) is 20.9. The van der Waals surface area contributed by atoms with Crippen LogP contribution >= 0.6 is 0 Å². The van der Waals surface area contributed by atoms with E-state index in [0.29, 0.717) is 48.3 Å². The number of rotatable bonds is 9. The number of nitrogens with two attached hydrogens (primary N) is 1. The monoisotopic (exact) mass is 407 g/mol. The van der Waals surface area contributed by atoms with Crippen LogP contribution < -0.4 is 15.8 Å². The highest BCUT2D eigenvalue weighted by molar-refractivity contribution is 5.95. The van der Waals surface area contributed by atoms with Crippen molar-refractivity contribution in [3.63, 3.8) is 0 Å². The number of carbonyl (C=O) groups excluding carboxylic acids is 1. The molecule has 8 nitrogen and oxygen atoms in total. The van der Waals surface area contributed by atoms with Gasteiger partial charge in [-0.05, 0) is 43.5 Å². The van der Waals surface area contributed by atoms with Crippen LogP contribution in [0.2, 0.25) is 0 Å². The van der Waals surface area contributed by atoms with Crippen molar-refractivity contribution in [2.75, 3.05) is 25.6 Å². The summed E-state index contributed by atoms with van der Waals surface area (Å²) in [6.45, 7) is 3.55. The molecule has 1 aromatic carbocycles. The summed E-state index contributed by atoms with van der Waals surface area (Å²) in [5, 5.41) is 2.99. The molecule has 1 aliphatic rings. The maximum absolute atomic E-state index is 12.2. The van der Waals surface area contributed by atoms with Gasteiger partial charge in [0.05, 0.1) is 17.8 Å². The molecule has 0 atom stereocenters. The number of ether oxygens (including phenoxy) is 2. The van der Waals surface area contributed by atoms with E-state index in [1.165, 1.54) is 0 Å². The standard InChI is InChI=1S/C22H25N5O3/c1-2-11-29-12-13-30-21-19-18(26-22(23)27-21)10-9-17(25-19)14-3-5-15(6-4-14)20(28)24-16-7-8-16/h3-6,9-10,16H,2,7-8,11-13H2,1H3,(H,24,28)(H2,23,26,27). The molecule has 0 saturated heterocycles. The zero-order valence-electron chi connectivity index (χ0n) is 16.9. The molecule has 156 valence electrons. The molecule has 0 unspecified atom stereocenters. The third kappa shape index (κ3) is 4.83. The highest BCUT2D eigenvalue weighted by atomic mass is 16.5. The van der Waals surface area contributed by atoms with Crippen LogP contribution in [0.1, 0.15) is 36.5 Å². The number of anilines is 1. The van der Waals surface area contributed by atoms with Crippen LogP contribution in [0, 0.1) is 0 Å². The third-order valence-electron chi connectivity index (χ3n) is 4.70. The maximum Gasteiger partial charge on any atom is 0.251 e. The number of benzene rings is 1. The van der Waals surface area contributed by atoms with E-state index in [-0.39, 0.29) is 11.9 Å². The van der Waals surface area contributed by atoms with Crippen LogP contribution in [0.25, 0.3) is 22.3 Å². The summed E-state index contributed by atoms with van der Waals surface area (Å²) in [5.74, 6) is 0.424.